The zero-order valence-corrected chi connectivity index (χ0v) is 19.9. The molecular weight excluding hydrogens is 468 g/mol. The molecule has 0 bridgehead atoms. The molecule has 3 amide bonds. The highest BCUT2D eigenvalue weighted by molar-refractivity contribution is 6.35. The molecule has 11 nitrogen and oxygen atoms in total. The molecule has 2 aromatic rings. The molecule has 0 unspecified atom stereocenters. The number of amides is 3. The molecule has 3 rings (SSSR count). The Labute approximate surface area is 208 Å². The highest BCUT2D eigenvalue weighted by Crippen LogP contribution is 2.13. The fraction of sp³-hybridized carbons (Fsp3) is 0.320. The summed E-state index contributed by atoms with van der Waals surface area (Å²) in [5.41, 5.74) is 1.32. The summed E-state index contributed by atoms with van der Waals surface area (Å²) >= 11 is 0. The summed E-state index contributed by atoms with van der Waals surface area (Å²) in [5.74, 6) is -1.48. The first kappa shape index (κ1) is 26.2. The number of hydrogen-bond acceptors (Lipinski definition) is 8. The molecule has 11 heteroatoms. The topological polar surface area (TPSA) is 138 Å². The summed E-state index contributed by atoms with van der Waals surface area (Å²) in [5, 5.41) is 10.4. The molecule has 1 aliphatic heterocycles. The monoisotopic (exact) mass is 496 g/mol. The van der Waals surface area contributed by atoms with E-state index in [0.29, 0.717) is 37.4 Å². The van der Waals surface area contributed by atoms with E-state index in [2.05, 4.69) is 10.1 Å². The van der Waals surface area contributed by atoms with Crippen molar-refractivity contribution in [2.75, 3.05) is 39.9 Å². The van der Waals surface area contributed by atoms with Gasteiger partial charge in [0, 0.05) is 25.2 Å². The highest BCUT2D eigenvalue weighted by Gasteiger charge is 2.33. The molecule has 0 saturated carbocycles. The Morgan fingerprint density at radius 3 is 2.33 bits per heavy atom. The number of piperazine rings is 1. The van der Waals surface area contributed by atoms with Crippen LogP contribution in [-0.2, 0) is 30.5 Å². The molecule has 0 aliphatic carbocycles. The average Bonchev–Trinajstić information content (AvgIpc) is 2.90. The van der Waals surface area contributed by atoms with Gasteiger partial charge in [0.1, 0.15) is 24.7 Å². The number of methoxy groups -OCH3 is 1. The fourth-order valence-corrected chi connectivity index (χ4v) is 3.40. The maximum atomic E-state index is 12.2. The molecule has 1 aliphatic rings. The van der Waals surface area contributed by atoms with Crippen molar-refractivity contribution in [3.05, 3.63) is 65.7 Å². The molecule has 190 valence electrons. The van der Waals surface area contributed by atoms with E-state index in [0.717, 1.165) is 5.56 Å². The minimum atomic E-state index is -0.719. The van der Waals surface area contributed by atoms with Gasteiger partial charge in [0.15, 0.2) is 0 Å². The lowest BCUT2D eigenvalue weighted by Gasteiger charge is -2.33. The van der Waals surface area contributed by atoms with Crippen molar-refractivity contribution in [1.29, 1.82) is 5.41 Å². The van der Waals surface area contributed by atoms with E-state index in [1.54, 1.807) is 24.3 Å². The summed E-state index contributed by atoms with van der Waals surface area (Å²) in [6.07, 6.45) is -0.217. The van der Waals surface area contributed by atoms with E-state index >= 15 is 0 Å². The van der Waals surface area contributed by atoms with Crippen molar-refractivity contribution in [3.8, 4) is 5.75 Å². The number of nitrogens with zero attached hydrogens (tertiary/aromatic N) is 2. The van der Waals surface area contributed by atoms with E-state index in [-0.39, 0.29) is 25.5 Å². The van der Waals surface area contributed by atoms with E-state index < -0.39 is 23.9 Å². The second kappa shape index (κ2) is 12.9. The molecule has 1 heterocycles. The third-order valence-electron chi connectivity index (χ3n) is 5.37. The number of ether oxygens (including phenoxy) is 3. The number of carbonyl (C=O) groups is 4. The number of benzene rings is 2. The van der Waals surface area contributed by atoms with Crippen LogP contribution in [-0.4, -0.2) is 79.4 Å². The van der Waals surface area contributed by atoms with Crippen molar-refractivity contribution < 1.29 is 33.4 Å². The second-order valence-electron chi connectivity index (χ2n) is 7.88. The Hall–Kier alpha value is -4.41. The number of hydrogen-bond donors (Lipinski definition) is 2. The van der Waals surface area contributed by atoms with Crippen LogP contribution in [0.2, 0.25) is 0 Å². The van der Waals surface area contributed by atoms with Gasteiger partial charge in [-0.25, -0.2) is 4.79 Å². The first-order valence-corrected chi connectivity index (χ1v) is 11.3. The second-order valence-corrected chi connectivity index (χ2v) is 7.88. The molecule has 1 fully saturated rings. The van der Waals surface area contributed by atoms with Crippen LogP contribution in [0.15, 0.2) is 54.6 Å². The Balaban J connectivity index is 1.36. The van der Waals surface area contributed by atoms with Gasteiger partial charge in [-0.05, 0) is 36.2 Å². The predicted molar refractivity (Wildman–Crippen MR) is 128 cm³/mol. The lowest BCUT2D eigenvalue weighted by atomic mass is 10.2. The summed E-state index contributed by atoms with van der Waals surface area (Å²) in [6, 6.07) is 15.8. The molecule has 2 N–H and O–H groups in total. The Morgan fingerprint density at radius 1 is 0.972 bits per heavy atom. The van der Waals surface area contributed by atoms with Crippen LogP contribution in [0.4, 0.5) is 4.79 Å². The number of amidine groups is 1. The molecule has 0 atom stereocenters. The first-order valence-electron chi connectivity index (χ1n) is 11.3. The molecule has 0 spiro atoms. The van der Waals surface area contributed by atoms with Crippen molar-refractivity contribution in [1.82, 2.24) is 15.1 Å². The largest absolute Gasteiger partial charge is 0.494 e. The van der Waals surface area contributed by atoms with Crippen LogP contribution < -0.4 is 10.1 Å². The van der Waals surface area contributed by atoms with Gasteiger partial charge in [-0.1, -0.05) is 30.3 Å². The maximum absolute atomic E-state index is 12.2. The zero-order valence-electron chi connectivity index (χ0n) is 19.9. The van der Waals surface area contributed by atoms with Crippen LogP contribution in [0.3, 0.4) is 0 Å². The van der Waals surface area contributed by atoms with Gasteiger partial charge in [0.05, 0.1) is 13.7 Å². The lowest BCUT2D eigenvalue weighted by molar-refractivity contribution is -0.159. The van der Waals surface area contributed by atoms with Crippen molar-refractivity contribution >= 4 is 29.7 Å². The van der Waals surface area contributed by atoms with Gasteiger partial charge in [-0.2, -0.15) is 0 Å². The Kier molecular flexibility index (Phi) is 9.38. The van der Waals surface area contributed by atoms with Crippen LogP contribution in [0.5, 0.6) is 5.75 Å². The predicted octanol–water partition coefficient (Wildman–Crippen LogP) is 1.55. The summed E-state index contributed by atoms with van der Waals surface area (Å²) in [7, 11) is 1.23. The highest BCUT2D eigenvalue weighted by atomic mass is 16.5. The number of nitrogens with one attached hydrogen (secondary N) is 2. The number of rotatable bonds is 10. The molecule has 1 saturated heterocycles. The van der Waals surface area contributed by atoms with Gasteiger partial charge in [0.25, 0.3) is 0 Å². The van der Waals surface area contributed by atoms with Gasteiger partial charge < -0.3 is 24.0 Å². The SMILES string of the molecule is COC(=O)CN1CCN(CCCOc2ccc(C(=N)NC(=O)OCc3ccccc3)cc2)C(=O)C1=O. The van der Waals surface area contributed by atoms with Gasteiger partial charge in [-0.15, -0.1) is 0 Å². The van der Waals surface area contributed by atoms with Gasteiger partial charge >= 0.3 is 23.9 Å². The minimum Gasteiger partial charge on any atom is -0.494 e. The van der Waals surface area contributed by atoms with Gasteiger partial charge in [0.2, 0.25) is 0 Å². The van der Waals surface area contributed by atoms with E-state index in [1.165, 1.54) is 16.9 Å². The van der Waals surface area contributed by atoms with Crippen LogP contribution in [0, 0.1) is 5.41 Å². The molecule has 0 aromatic heterocycles. The normalized spacial score (nSPS) is 13.2. The number of esters is 1. The maximum Gasteiger partial charge on any atom is 0.413 e. The number of carbonyl (C=O) groups excluding carboxylic acids is 4. The Bertz CT molecular complexity index is 1090. The molecule has 2 aromatic carbocycles. The lowest BCUT2D eigenvalue weighted by Crippen LogP contribution is -2.55. The van der Waals surface area contributed by atoms with Crippen molar-refractivity contribution in [2.45, 2.75) is 13.0 Å². The third-order valence-corrected chi connectivity index (χ3v) is 5.37. The van der Waals surface area contributed by atoms with Crippen molar-refractivity contribution in [2.24, 2.45) is 0 Å². The van der Waals surface area contributed by atoms with Crippen LogP contribution in [0.1, 0.15) is 17.5 Å². The number of alkyl carbamates (subject to hydrolysis) is 1. The van der Waals surface area contributed by atoms with Crippen LogP contribution in [0.25, 0.3) is 0 Å². The van der Waals surface area contributed by atoms with Crippen LogP contribution >= 0.6 is 0 Å². The fourth-order valence-electron chi connectivity index (χ4n) is 3.40. The van der Waals surface area contributed by atoms with Gasteiger partial charge in [-0.3, -0.25) is 25.1 Å². The third kappa shape index (κ3) is 7.55. The standard InChI is InChI=1S/C25H28N4O7/c1-34-21(30)16-29-14-13-28(23(31)24(29)32)12-5-15-35-20-10-8-19(9-11-20)22(26)27-25(33)36-17-18-6-3-2-4-7-18/h2-4,6-11H,5,12-17H2,1H3,(H2,26,27,33). The molecular formula is C25H28N4O7. The first-order chi connectivity index (χ1) is 17.4. The quantitative estimate of drug-likeness (QED) is 0.167. The minimum absolute atomic E-state index is 0.103. The Morgan fingerprint density at radius 2 is 1.64 bits per heavy atom. The smallest absolute Gasteiger partial charge is 0.413 e. The average molecular weight is 497 g/mol. The van der Waals surface area contributed by atoms with E-state index in [4.69, 9.17) is 14.9 Å². The molecule has 36 heavy (non-hydrogen) atoms. The summed E-state index contributed by atoms with van der Waals surface area (Å²) in [4.78, 5) is 50.3. The summed E-state index contributed by atoms with van der Waals surface area (Å²) < 4.78 is 15.3. The molecule has 0 radical (unpaired) electrons. The van der Waals surface area contributed by atoms with E-state index in [1.807, 2.05) is 30.3 Å². The van der Waals surface area contributed by atoms with Crippen molar-refractivity contribution in [3.63, 3.8) is 0 Å². The van der Waals surface area contributed by atoms with E-state index in [9.17, 15) is 19.2 Å². The summed E-state index contributed by atoms with van der Waals surface area (Å²) in [6.45, 7) is 1.12. The zero-order chi connectivity index (χ0) is 25.9.